The lowest BCUT2D eigenvalue weighted by molar-refractivity contribution is -0.138. The summed E-state index contributed by atoms with van der Waals surface area (Å²) >= 11 is 0. The Morgan fingerprint density at radius 3 is 2.00 bits per heavy atom. The Kier molecular flexibility index (Phi) is 7.05. The molecule has 7 heteroatoms. The molecule has 0 unspecified atom stereocenters. The van der Waals surface area contributed by atoms with Crippen LogP contribution in [0.4, 0.5) is 0 Å². The number of nitrogens with two attached hydrogens (primary N) is 1. The van der Waals surface area contributed by atoms with Crippen molar-refractivity contribution in [3.8, 4) is 0 Å². The van der Waals surface area contributed by atoms with Crippen LogP contribution in [0, 0.1) is 0 Å². The van der Waals surface area contributed by atoms with Crippen LogP contribution in [0.3, 0.4) is 0 Å². The first-order valence-corrected chi connectivity index (χ1v) is 12.8. The summed E-state index contributed by atoms with van der Waals surface area (Å²) in [5, 5.41) is 9.96. The van der Waals surface area contributed by atoms with E-state index in [9.17, 15) is 18.3 Å². The van der Waals surface area contributed by atoms with Gasteiger partial charge in [-0.15, -0.1) is 0 Å². The van der Waals surface area contributed by atoms with Crippen LogP contribution >= 0.6 is 0 Å². The van der Waals surface area contributed by atoms with Crippen LogP contribution in [0.5, 0.6) is 0 Å². The van der Waals surface area contributed by atoms with Crippen LogP contribution < -0.4 is 5.73 Å². The van der Waals surface area contributed by atoms with Gasteiger partial charge in [0.2, 0.25) is 0 Å². The monoisotopic (exact) mass is 470 g/mol. The minimum Gasteiger partial charge on any atom is -0.480 e. The van der Waals surface area contributed by atoms with E-state index in [1.54, 1.807) is 18.2 Å². The van der Waals surface area contributed by atoms with Crippen molar-refractivity contribution in [1.82, 2.24) is 3.97 Å². The smallest absolute Gasteiger partial charge is 0.320 e. The molecule has 3 aromatic rings. The van der Waals surface area contributed by atoms with Gasteiger partial charge in [-0.25, -0.2) is 12.4 Å². The molecule has 0 saturated heterocycles. The van der Waals surface area contributed by atoms with Gasteiger partial charge < -0.3 is 10.8 Å². The summed E-state index contributed by atoms with van der Waals surface area (Å²) in [5.41, 5.74) is 9.61. The predicted molar refractivity (Wildman–Crippen MR) is 133 cm³/mol. The van der Waals surface area contributed by atoms with Gasteiger partial charge in [-0.1, -0.05) is 71.9 Å². The second-order valence-electron chi connectivity index (χ2n) is 9.61. The minimum absolute atomic E-state index is 0.00713. The summed E-state index contributed by atoms with van der Waals surface area (Å²) in [6.45, 7) is 12.2. The Morgan fingerprint density at radius 2 is 1.52 bits per heavy atom. The zero-order valence-electron chi connectivity index (χ0n) is 20.2. The number of carbonyl (C=O) groups is 1. The van der Waals surface area contributed by atoms with Crippen LogP contribution in [0.1, 0.15) is 81.5 Å². The van der Waals surface area contributed by atoms with Gasteiger partial charge in [-0.2, -0.15) is 0 Å². The van der Waals surface area contributed by atoms with Crippen molar-refractivity contribution >= 4 is 26.9 Å². The number of para-hydroxylation sites is 1. The number of rotatable bonds is 8. The van der Waals surface area contributed by atoms with Gasteiger partial charge in [0.1, 0.15) is 6.04 Å². The van der Waals surface area contributed by atoms with Gasteiger partial charge in [0.05, 0.1) is 10.4 Å². The summed E-state index contributed by atoms with van der Waals surface area (Å²) < 4.78 is 29.8. The molecule has 0 radical (unpaired) electrons. The highest BCUT2D eigenvalue weighted by molar-refractivity contribution is 7.90. The SMILES string of the molecule is CC(C)c1cc(C(C)C)c(S(=O)(=O)n2cc(C[C@@H](N)C(=O)O)c3ccccc32)c(C(C)C)c1. The molecule has 0 aliphatic carbocycles. The molecular weight excluding hydrogens is 436 g/mol. The quantitative estimate of drug-likeness (QED) is 0.471. The summed E-state index contributed by atoms with van der Waals surface area (Å²) in [6.07, 6.45) is 1.58. The molecule has 3 N–H and O–H groups in total. The summed E-state index contributed by atoms with van der Waals surface area (Å²) in [7, 11) is -3.97. The molecule has 0 amide bonds. The largest absolute Gasteiger partial charge is 0.480 e. The Bertz CT molecular complexity index is 1260. The molecule has 2 aromatic carbocycles. The Hall–Kier alpha value is -2.64. The van der Waals surface area contributed by atoms with Gasteiger partial charge >= 0.3 is 5.97 Å². The molecule has 0 spiro atoms. The standard InChI is InChI=1S/C26H34N2O4S/c1-15(2)18-11-21(16(3)4)25(22(12-18)17(5)6)33(31,32)28-14-19(13-23(27)26(29)30)20-9-7-8-10-24(20)28/h7-12,14-17,23H,13,27H2,1-6H3,(H,29,30)/t23-/m1/s1. The highest BCUT2D eigenvalue weighted by Crippen LogP contribution is 2.37. The molecule has 33 heavy (non-hydrogen) atoms. The Morgan fingerprint density at radius 1 is 0.970 bits per heavy atom. The number of nitrogens with zero attached hydrogens (tertiary/aromatic N) is 1. The Labute approximate surface area is 196 Å². The molecule has 1 heterocycles. The van der Waals surface area contributed by atoms with Crippen molar-refractivity contribution in [1.29, 1.82) is 0 Å². The van der Waals surface area contributed by atoms with E-state index in [0.717, 1.165) is 16.7 Å². The molecule has 3 rings (SSSR count). The van der Waals surface area contributed by atoms with E-state index in [1.165, 1.54) is 10.2 Å². The average molecular weight is 471 g/mol. The second-order valence-corrected chi connectivity index (χ2v) is 11.4. The number of fused-ring (bicyclic) bond motifs is 1. The lowest BCUT2D eigenvalue weighted by Crippen LogP contribution is -2.32. The van der Waals surface area contributed by atoms with E-state index in [2.05, 4.69) is 13.8 Å². The van der Waals surface area contributed by atoms with Gasteiger partial charge in [-0.3, -0.25) is 4.79 Å². The second kappa shape index (κ2) is 9.31. The fourth-order valence-corrected chi connectivity index (χ4v) is 6.26. The first-order valence-electron chi connectivity index (χ1n) is 11.4. The lowest BCUT2D eigenvalue weighted by Gasteiger charge is -2.23. The topological polar surface area (TPSA) is 102 Å². The molecule has 0 saturated carbocycles. The van der Waals surface area contributed by atoms with Crippen molar-refractivity contribution in [2.45, 2.75) is 76.7 Å². The van der Waals surface area contributed by atoms with E-state index < -0.39 is 22.0 Å². The van der Waals surface area contributed by atoms with Crippen LogP contribution in [0.25, 0.3) is 10.9 Å². The summed E-state index contributed by atoms with van der Waals surface area (Å²) in [4.78, 5) is 11.7. The number of carboxylic acids is 1. The molecule has 0 fully saturated rings. The van der Waals surface area contributed by atoms with E-state index in [4.69, 9.17) is 5.73 Å². The van der Waals surface area contributed by atoms with Crippen molar-refractivity contribution in [2.24, 2.45) is 5.73 Å². The lowest BCUT2D eigenvalue weighted by atomic mass is 9.89. The first kappa shape index (κ1) is 25.0. The normalized spacial score (nSPS) is 13.4. The van der Waals surface area contributed by atoms with E-state index >= 15 is 0 Å². The van der Waals surface area contributed by atoms with E-state index in [-0.39, 0.29) is 24.2 Å². The van der Waals surface area contributed by atoms with Crippen molar-refractivity contribution < 1.29 is 18.3 Å². The minimum atomic E-state index is -3.97. The number of aromatic nitrogens is 1. The molecular formula is C26H34N2O4S. The van der Waals surface area contributed by atoms with E-state index in [0.29, 0.717) is 21.4 Å². The molecule has 0 bridgehead atoms. The highest BCUT2D eigenvalue weighted by atomic mass is 32.2. The fourth-order valence-electron chi connectivity index (χ4n) is 4.19. The van der Waals surface area contributed by atoms with Gasteiger partial charge in [0, 0.05) is 18.0 Å². The molecule has 6 nitrogen and oxygen atoms in total. The molecule has 1 aromatic heterocycles. The third kappa shape index (κ3) is 4.70. The number of carboxylic acid groups (broad SMARTS) is 1. The van der Waals surface area contributed by atoms with Gasteiger partial charge in [0.15, 0.2) is 0 Å². The average Bonchev–Trinajstić information content (AvgIpc) is 3.11. The van der Waals surface area contributed by atoms with Gasteiger partial charge in [0.25, 0.3) is 10.0 Å². The third-order valence-corrected chi connectivity index (χ3v) is 7.92. The number of hydrogen-bond acceptors (Lipinski definition) is 4. The van der Waals surface area contributed by atoms with E-state index in [1.807, 2.05) is 45.9 Å². The van der Waals surface area contributed by atoms with Crippen LogP contribution in [0.2, 0.25) is 0 Å². The molecule has 1 atom stereocenters. The molecule has 178 valence electrons. The maximum absolute atomic E-state index is 14.2. The van der Waals surface area contributed by atoms with Crippen molar-refractivity contribution in [3.63, 3.8) is 0 Å². The Balaban J connectivity index is 2.34. The van der Waals surface area contributed by atoms with Crippen LogP contribution in [-0.4, -0.2) is 29.5 Å². The maximum atomic E-state index is 14.2. The summed E-state index contributed by atoms with van der Waals surface area (Å²) in [6, 6.07) is 10.1. The highest BCUT2D eigenvalue weighted by Gasteiger charge is 2.30. The van der Waals surface area contributed by atoms with Crippen molar-refractivity contribution in [2.75, 3.05) is 0 Å². The predicted octanol–water partition coefficient (Wildman–Crippen LogP) is 5.20. The van der Waals surface area contributed by atoms with Crippen LogP contribution in [-0.2, 0) is 21.2 Å². The van der Waals surface area contributed by atoms with Gasteiger partial charge in [-0.05, 0) is 46.1 Å². The fraction of sp³-hybridized carbons (Fsp3) is 0.423. The molecule has 0 aliphatic rings. The first-order chi connectivity index (χ1) is 15.4. The molecule has 0 aliphatic heterocycles. The number of aliphatic carboxylic acids is 1. The maximum Gasteiger partial charge on any atom is 0.320 e. The van der Waals surface area contributed by atoms with Crippen LogP contribution in [0.15, 0.2) is 47.5 Å². The van der Waals surface area contributed by atoms with Crippen molar-refractivity contribution in [3.05, 3.63) is 64.8 Å². The zero-order valence-corrected chi connectivity index (χ0v) is 21.0. The summed E-state index contributed by atoms with van der Waals surface area (Å²) in [5.74, 6) is -0.836. The number of benzene rings is 2. The zero-order chi connectivity index (χ0) is 24.7. The third-order valence-electron chi connectivity index (χ3n) is 6.11. The number of hydrogen-bond donors (Lipinski definition) is 2.